The summed E-state index contributed by atoms with van der Waals surface area (Å²) in [4.78, 5) is 28.4. The predicted molar refractivity (Wildman–Crippen MR) is 104 cm³/mol. The van der Waals surface area contributed by atoms with E-state index in [0.717, 1.165) is 17.0 Å². The number of carbonyl (C=O) groups excluding carboxylic acids is 2. The van der Waals surface area contributed by atoms with Crippen molar-refractivity contribution in [1.29, 1.82) is 0 Å². The van der Waals surface area contributed by atoms with Crippen molar-refractivity contribution in [2.75, 3.05) is 6.61 Å². The van der Waals surface area contributed by atoms with Gasteiger partial charge in [-0.05, 0) is 41.9 Å². The minimum atomic E-state index is -0.432. The van der Waals surface area contributed by atoms with Gasteiger partial charge in [-0.3, -0.25) is 4.79 Å². The molecule has 0 saturated heterocycles. The second-order valence-corrected chi connectivity index (χ2v) is 6.95. The second kappa shape index (κ2) is 7.56. The maximum Gasteiger partial charge on any atom is 0.340 e. The number of imidazole rings is 1. The summed E-state index contributed by atoms with van der Waals surface area (Å²) >= 11 is 3.43. The number of esters is 2. The summed E-state index contributed by atoms with van der Waals surface area (Å²) in [6, 6.07) is 3.53. The Balaban J connectivity index is 2.24. The van der Waals surface area contributed by atoms with Crippen LogP contribution in [0.2, 0.25) is 0 Å². The van der Waals surface area contributed by atoms with Crippen LogP contribution in [0.1, 0.15) is 35.7 Å². The van der Waals surface area contributed by atoms with E-state index < -0.39 is 11.9 Å². The van der Waals surface area contributed by atoms with Crippen LogP contribution in [0.15, 0.2) is 29.0 Å². The lowest BCUT2D eigenvalue weighted by Crippen LogP contribution is -2.12. The molecular weight excluding hydrogens is 414 g/mol. The first-order valence-electron chi connectivity index (χ1n) is 8.47. The average molecular weight is 434 g/mol. The van der Waals surface area contributed by atoms with Gasteiger partial charge in [0.15, 0.2) is 0 Å². The van der Waals surface area contributed by atoms with Gasteiger partial charge < -0.3 is 18.6 Å². The highest BCUT2D eigenvalue weighted by molar-refractivity contribution is 9.10. The Kier molecular flexibility index (Phi) is 5.36. The van der Waals surface area contributed by atoms with Gasteiger partial charge >= 0.3 is 11.9 Å². The molecule has 0 spiro atoms. The molecule has 8 heteroatoms. The summed E-state index contributed by atoms with van der Waals surface area (Å²) in [6.45, 7) is 5.74. The molecule has 0 bridgehead atoms. The number of hydrogen-bond donors (Lipinski definition) is 0. The van der Waals surface area contributed by atoms with Crippen molar-refractivity contribution in [2.45, 2.75) is 27.3 Å². The number of rotatable bonds is 5. The van der Waals surface area contributed by atoms with E-state index in [1.807, 2.05) is 35.4 Å². The summed E-state index contributed by atoms with van der Waals surface area (Å²) in [5, 5.41) is 0.670. The number of halogens is 1. The van der Waals surface area contributed by atoms with Crippen molar-refractivity contribution in [1.82, 2.24) is 14.1 Å². The SMILES string of the molecule is CCOC(=O)c1c(Cn2ccnc2C)n(C)c2cc(Br)c(OC(C)=O)cc12. The summed E-state index contributed by atoms with van der Waals surface area (Å²) < 4.78 is 15.1. The van der Waals surface area contributed by atoms with Crippen molar-refractivity contribution < 1.29 is 19.1 Å². The van der Waals surface area contributed by atoms with Gasteiger partial charge in [-0.25, -0.2) is 9.78 Å². The van der Waals surface area contributed by atoms with Crippen molar-refractivity contribution in [3.63, 3.8) is 0 Å². The van der Waals surface area contributed by atoms with E-state index in [4.69, 9.17) is 9.47 Å². The lowest BCUT2D eigenvalue weighted by Gasteiger charge is -2.10. The van der Waals surface area contributed by atoms with Gasteiger partial charge in [0.05, 0.1) is 34.4 Å². The second-order valence-electron chi connectivity index (χ2n) is 6.10. The highest BCUT2D eigenvalue weighted by Gasteiger charge is 2.24. The van der Waals surface area contributed by atoms with Crippen LogP contribution < -0.4 is 4.74 Å². The largest absolute Gasteiger partial charge is 0.462 e. The molecule has 0 aliphatic rings. The van der Waals surface area contributed by atoms with Gasteiger partial charge in [0, 0.05) is 31.8 Å². The van der Waals surface area contributed by atoms with E-state index in [2.05, 4.69) is 20.9 Å². The predicted octanol–water partition coefficient (Wildman–Crippen LogP) is 3.60. The number of ether oxygens (including phenoxy) is 2. The molecule has 0 saturated carbocycles. The molecule has 0 amide bonds. The molecule has 27 heavy (non-hydrogen) atoms. The molecule has 0 fully saturated rings. The molecule has 0 unspecified atom stereocenters. The van der Waals surface area contributed by atoms with Gasteiger partial charge in [-0.15, -0.1) is 0 Å². The third-order valence-electron chi connectivity index (χ3n) is 4.35. The highest BCUT2D eigenvalue weighted by Crippen LogP contribution is 2.35. The number of aromatic nitrogens is 3. The first-order valence-corrected chi connectivity index (χ1v) is 9.26. The number of nitrogens with zero attached hydrogens (tertiary/aromatic N) is 3. The minimum Gasteiger partial charge on any atom is -0.462 e. The fourth-order valence-corrected chi connectivity index (χ4v) is 3.48. The van der Waals surface area contributed by atoms with Gasteiger partial charge in [0.2, 0.25) is 0 Å². The van der Waals surface area contributed by atoms with E-state index in [-0.39, 0.29) is 6.61 Å². The van der Waals surface area contributed by atoms with Crippen molar-refractivity contribution >= 4 is 38.8 Å². The molecule has 142 valence electrons. The lowest BCUT2D eigenvalue weighted by molar-refractivity contribution is -0.131. The van der Waals surface area contributed by atoms with Crippen molar-refractivity contribution in [2.24, 2.45) is 7.05 Å². The molecule has 3 aromatic rings. The fraction of sp³-hybridized carbons (Fsp3) is 0.316. The third-order valence-corrected chi connectivity index (χ3v) is 4.97. The Bertz CT molecular complexity index is 1040. The maximum atomic E-state index is 12.7. The molecule has 0 radical (unpaired) electrons. The average Bonchev–Trinajstić information content (AvgIpc) is 3.11. The zero-order valence-corrected chi connectivity index (χ0v) is 17.2. The molecule has 0 aliphatic carbocycles. The van der Waals surface area contributed by atoms with E-state index in [0.29, 0.717) is 27.7 Å². The first-order chi connectivity index (χ1) is 12.8. The molecule has 3 rings (SSSR count). The van der Waals surface area contributed by atoms with Crippen LogP contribution in [0, 0.1) is 6.92 Å². The summed E-state index contributed by atoms with van der Waals surface area (Å²) in [5.74, 6) is 0.359. The summed E-state index contributed by atoms with van der Waals surface area (Å²) in [6.07, 6.45) is 3.58. The molecule has 0 aliphatic heterocycles. The van der Waals surface area contributed by atoms with E-state index in [9.17, 15) is 9.59 Å². The number of hydrogen-bond acceptors (Lipinski definition) is 5. The first kappa shape index (κ1) is 19.2. The Hall–Kier alpha value is -2.61. The number of aryl methyl sites for hydroxylation is 2. The van der Waals surface area contributed by atoms with E-state index in [1.54, 1.807) is 19.2 Å². The van der Waals surface area contributed by atoms with Crippen molar-refractivity contribution in [3.05, 3.63) is 46.1 Å². The van der Waals surface area contributed by atoms with E-state index in [1.165, 1.54) is 6.92 Å². The number of benzene rings is 1. The van der Waals surface area contributed by atoms with Crippen LogP contribution in [-0.4, -0.2) is 32.7 Å². The molecule has 2 aromatic heterocycles. The zero-order chi connectivity index (χ0) is 19.7. The standard InChI is InChI=1S/C19H20BrN3O4/c1-5-26-19(25)18-13-8-17(27-12(3)24)14(20)9-15(13)22(4)16(18)10-23-7-6-21-11(23)2/h6-9H,5,10H2,1-4H3. The highest BCUT2D eigenvalue weighted by atomic mass is 79.9. The maximum absolute atomic E-state index is 12.7. The topological polar surface area (TPSA) is 75.3 Å². The number of carbonyl (C=O) groups is 2. The minimum absolute atomic E-state index is 0.270. The molecule has 0 atom stereocenters. The van der Waals surface area contributed by atoms with Crippen LogP contribution in [0.25, 0.3) is 10.9 Å². The quantitative estimate of drug-likeness (QED) is 0.453. The van der Waals surface area contributed by atoms with E-state index >= 15 is 0 Å². The monoisotopic (exact) mass is 433 g/mol. The molecular formula is C19H20BrN3O4. The van der Waals surface area contributed by atoms with Crippen LogP contribution in [0.3, 0.4) is 0 Å². The Labute approximate surface area is 165 Å². The number of fused-ring (bicyclic) bond motifs is 1. The lowest BCUT2D eigenvalue weighted by atomic mass is 10.1. The Morgan fingerprint density at radius 3 is 2.63 bits per heavy atom. The summed E-state index contributed by atoms with van der Waals surface area (Å²) in [5.41, 5.74) is 2.08. The van der Waals surface area contributed by atoms with Gasteiger partial charge in [0.25, 0.3) is 0 Å². The fourth-order valence-electron chi connectivity index (χ4n) is 3.07. The van der Waals surface area contributed by atoms with Gasteiger partial charge in [-0.2, -0.15) is 0 Å². The molecule has 7 nitrogen and oxygen atoms in total. The van der Waals surface area contributed by atoms with Crippen LogP contribution in [0.5, 0.6) is 5.75 Å². The zero-order valence-electron chi connectivity index (χ0n) is 15.6. The Morgan fingerprint density at radius 2 is 2.04 bits per heavy atom. The smallest absolute Gasteiger partial charge is 0.340 e. The third kappa shape index (κ3) is 3.62. The van der Waals surface area contributed by atoms with Crippen molar-refractivity contribution in [3.8, 4) is 5.75 Å². The van der Waals surface area contributed by atoms with Crippen LogP contribution in [-0.2, 0) is 23.1 Å². The molecule has 0 N–H and O–H groups in total. The van der Waals surface area contributed by atoms with Crippen LogP contribution >= 0.6 is 15.9 Å². The molecule has 2 heterocycles. The normalized spacial score (nSPS) is 11.0. The van der Waals surface area contributed by atoms with Gasteiger partial charge in [0.1, 0.15) is 11.6 Å². The van der Waals surface area contributed by atoms with Gasteiger partial charge in [-0.1, -0.05) is 0 Å². The Morgan fingerprint density at radius 1 is 1.30 bits per heavy atom. The summed E-state index contributed by atoms with van der Waals surface area (Å²) in [7, 11) is 1.89. The van der Waals surface area contributed by atoms with Crippen LogP contribution in [0.4, 0.5) is 0 Å². The molecule has 1 aromatic carbocycles.